The van der Waals surface area contributed by atoms with Crippen molar-refractivity contribution >= 4 is 51.2 Å². The molecule has 0 heterocycles. The zero-order valence-corrected chi connectivity index (χ0v) is 37.6. The third-order valence-electron chi connectivity index (χ3n) is 8.93. The van der Waals surface area contributed by atoms with Gasteiger partial charge in [0.1, 0.15) is 0 Å². The molecule has 57 heavy (non-hydrogen) atoms. The maximum absolute atomic E-state index is 13.4. The Kier molecular flexibility index (Phi) is 27.7. The van der Waals surface area contributed by atoms with Crippen LogP contribution in [0.1, 0.15) is 87.0 Å². The highest BCUT2D eigenvalue weighted by molar-refractivity contribution is 7.62. The van der Waals surface area contributed by atoms with Gasteiger partial charge >= 0.3 is 5.97 Å². The molecule has 0 aromatic carbocycles. The summed E-state index contributed by atoms with van der Waals surface area (Å²) in [6.45, 7) is 17.4. The fourth-order valence-electron chi connectivity index (χ4n) is 5.39. The van der Waals surface area contributed by atoms with Crippen LogP contribution in [0.3, 0.4) is 0 Å². The summed E-state index contributed by atoms with van der Waals surface area (Å²) in [7, 11) is 7.49. The molecule has 0 aromatic heterocycles. The Labute approximate surface area is 344 Å². The molecule has 2 amide bonds. The molecule has 0 aromatic rings. The summed E-state index contributed by atoms with van der Waals surface area (Å²) in [5.74, 6) is -4.02. The van der Waals surface area contributed by atoms with Crippen LogP contribution in [0.15, 0.2) is 0 Å². The highest BCUT2D eigenvalue weighted by atomic mass is 31.0. The summed E-state index contributed by atoms with van der Waals surface area (Å²) in [5, 5.41) is 8.73. The second kappa shape index (κ2) is 28.9. The quantitative estimate of drug-likeness (QED) is 0.0223. The molecule has 3 unspecified atom stereocenters. The van der Waals surface area contributed by atoms with E-state index in [0.717, 1.165) is 0 Å². The lowest BCUT2D eigenvalue weighted by molar-refractivity contribution is -0.250. The number of Topliss-reactive ketones (excluding diaryl/α,β-unsaturated/α-hetero) is 2. The molecule has 1 radical (unpaired) electrons. The van der Waals surface area contributed by atoms with Crippen molar-refractivity contribution in [2.75, 3.05) is 99.9 Å². The van der Waals surface area contributed by atoms with Crippen molar-refractivity contribution < 1.29 is 47.7 Å². The van der Waals surface area contributed by atoms with Crippen LogP contribution < -0.4 is 21.7 Å². The lowest BCUT2D eigenvalue weighted by Crippen LogP contribution is -2.52. The van der Waals surface area contributed by atoms with Crippen LogP contribution >= 0.6 is 9.12 Å². The second-order valence-corrected chi connectivity index (χ2v) is 16.0. The predicted octanol–water partition coefficient (Wildman–Crippen LogP) is 0.295. The number of hydrogen-bond donors (Lipinski definition) is 4. The largest absolute Gasteiger partial charge is 0.431 e. The summed E-state index contributed by atoms with van der Waals surface area (Å²) in [5.41, 5.74) is 4.58. The number of rotatable bonds is 35. The summed E-state index contributed by atoms with van der Waals surface area (Å²) in [6.07, 6.45) is -0.953. The molecule has 0 rings (SSSR count). The minimum atomic E-state index is -1.96. The van der Waals surface area contributed by atoms with E-state index in [1.807, 2.05) is 48.5 Å². The molecule has 0 spiro atoms. The number of nitrogens with two attached hydrogens (primary N) is 1. The Balaban J connectivity index is 5.57. The van der Waals surface area contributed by atoms with Gasteiger partial charge < -0.3 is 45.4 Å². The van der Waals surface area contributed by atoms with Gasteiger partial charge in [-0.2, -0.15) is 9.12 Å². The molecule has 0 aliphatic heterocycles. The maximum Gasteiger partial charge on any atom is 0.322 e. The number of ether oxygens (including phenoxy) is 4. The molecule has 0 saturated heterocycles. The van der Waals surface area contributed by atoms with E-state index in [0.29, 0.717) is 32.7 Å². The molecule has 3 atom stereocenters. The Morgan fingerprint density at radius 1 is 0.737 bits per heavy atom. The van der Waals surface area contributed by atoms with Gasteiger partial charge in [-0.1, -0.05) is 20.8 Å². The second-order valence-electron chi connectivity index (χ2n) is 15.7. The van der Waals surface area contributed by atoms with E-state index >= 15 is 0 Å². The number of nitrogens with zero attached hydrogens (tertiary/aromatic N) is 3. The molecule has 0 aliphatic rings. The maximum atomic E-state index is 13.4. The number of carbonyl (C=O) groups is 6. The summed E-state index contributed by atoms with van der Waals surface area (Å²) < 4.78 is 24.3. The van der Waals surface area contributed by atoms with Crippen LogP contribution in [0, 0.1) is 0 Å². The third kappa shape index (κ3) is 27.1. The number of amides is 2. The summed E-state index contributed by atoms with van der Waals surface area (Å²) in [6, 6.07) is 0. The van der Waals surface area contributed by atoms with E-state index in [1.165, 1.54) is 7.00 Å². The number of hydrogen-bond acceptors (Lipinski definition) is 15. The highest BCUT2D eigenvalue weighted by Crippen LogP contribution is 2.27. The van der Waals surface area contributed by atoms with Gasteiger partial charge in [-0.3, -0.25) is 38.7 Å². The van der Waals surface area contributed by atoms with Crippen molar-refractivity contribution in [1.29, 1.82) is 0 Å². The first-order chi connectivity index (χ1) is 26.6. The third-order valence-corrected chi connectivity index (χ3v) is 9.30. The van der Waals surface area contributed by atoms with Crippen molar-refractivity contribution in [3.8, 4) is 0 Å². The molecule has 17 nitrogen and oxygen atoms in total. The van der Waals surface area contributed by atoms with Gasteiger partial charge in [0, 0.05) is 45.6 Å². The van der Waals surface area contributed by atoms with Crippen LogP contribution in [0.5, 0.6) is 0 Å². The minimum absolute atomic E-state index is 0.0126. The van der Waals surface area contributed by atoms with Crippen molar-refractivity contribution in [3.05, 3.63) is 0 Å². The Bertz CT molecular complexity index is 1180. The SMILES string of the molecule is CCNCC(CNC(=O)CCC(=O)NCCOC(C)(C)CCOC(C)(C)CC(=O)[B]P)OC(CC(=O)CN(C)CC)(CC(=O)CN(C)CN)OC(=O)CN(C)CC. The van der Waals surface area contributed by atoms with Gasteiger partial charge in [0.2, 0.25) is 24.6 Å². The smallest absolute Gasteiger partial charge is 0.322 e. The number of likely N-dealkylation sites (N-methyl/N-ethyl adjacent to an activating group) is 4. The van der Waals surface area contributed by atoms with Crippen LogP contribution in [0.25, 0.3) is 0 Å². The number of carbonyl (C=O) groups excluding carboxylic acids is 6. The van der Waals surface area contributed by atoms with Gasteiger partial charge in [-0.05, 0) is 74.9 Å². The highest BCUT2D eigenvalue weighted by Gasteiger charge is 2.43. The molecule has 0 aliphatic carbocycles. The topological polar surface area (TPSA) is 211 Å². The molecular weight excluding hydrogens is 756 g/mol. The van der Waals surface area contributed by atoms with E-state index < -0.39 is 41.4 Å². The predicted molar refractivity (Wildman–Crippen MR) is 225 cm³/mol. The molecular formula is C38H74BN7O10P. The first kappa shape index (κ1) is 54.6. The van der Waals surface area contributed by atoms with Crippen LogP contribution in [0.2, 0.25) is 0 Å². The lowest BCUT2D eigenvalue weighted by Gasteiger charge is -2.37. The van der Waals surface area contributed by atoms with E-state index in [-0.39, 0.29) is 101 Å². The van der Waals surface area contributed by atoms with Crippen molar-refractivity contribution in [2.45, 2.75) is 110 Å². The van der Waals surface area contributed by atoms with E-state index in [4.69, 9.17) is 24.7 Å². The molecule has 5 N–H and O–H groups in total. The van der Waals surface area contributed by atoms with E-state index in [2.05, 4.69) is 25.1 Å². The van der Waals surface area contributed by atoms with E-state index in [1.54, 1.807) is 35.8 Å². The van der Waals surface area contributed by atoms with E-state index in [9.17, 15) is 28.8 Å². The van der Waals surface area contributed by atoms with Gasteiger partial charge in [-0.15, -0.1) is 0 Å². The number of ketones is 2. The zero-order valence-electron chi connectivity index (χ0n) is 36.5. The lowest BCUT2D eigenvalue weighted by atomic mass is 9.89. The first-order valence-electron chi connectivity index (χ1n) is 19.9. The fourth-order valence-corrected chi connectivity index (χ4v) is 5.51. The number of esters is 1. The first-order valence-corrected chi connectivity index (χ1v) is 20.6. The molecule has 0 bridgehead atoms. The normalized spacial score (nSPS) is 13.7. The molecule has 19 heteroatoms. The Morgan fingerprint density at radius 2 is 1.28 bits per heavy atom. The van der Waals surface area contributed by atoms with Crippen molar-refractivity contribution in [1.82, 2.24) is 30.7 Å². The van der Waals surface area contributed by atoms with Gasteiger partial charge in [0.15, 0.2) is 11.6 Å². The standard InChI is InChI=1S/C38H74BN7O10P/c1-11-41-23-31(24-43-34(51)15-14-33(50)42-17-19-54-36(4,5)16-18-53-37(6,7)22-32(49)39-57)55-38(20-29(47)25-44(8)12-2,21-30(48)26-46(10)28-40)56-35(52)27-45(9)13-3/h31,41H,11-28,40,57H2,1-10H3,(H,42,50)(H,43,51). The molecule has 0 fully saturated rings. The Hall–Kier alpha value is -2.41. The van der Waals surface area contributed by atoms with Crippen LogP contribution in [0.4, 0.5) is 0 Å². The fraction of sp³-hybridized carbons (Fsp3) is 0.842. The van der Waals surface area contributed by atoms with Crippen molar-refractivity contribution in [3.63, 3.8) is 0 Å². The Morgan fingerprint density at radius 3 is 1.82 bits per heavy atom. The average molecular weight is 831 g/mol. The van der Waals surface area contributed by atoms with Crippen LogP contribution in [-0.4, -0.2) is 180 Å². The summed E-state index contributed by atoms with van der Waals surface area (Å²) in [4.78, 5) is 82.4. The zero-order chi connectivity index (χ0) is 43.7. The van der Waals surface area contributed by atoms with Crippen molar-refractivity contribution in [2.24, 2.45) is 5.73 Å². The molecule has 329 valence electrons. The minimum Gasteiger partial charge on any atom is -0.431 e. The van der Waals surface area contributed by atoms with Gasteiger partial charge in [0.25, 0.3) is 0 Å². The van der Waals surface area contributed by atoms with Crippen LogP contribution in [-0.2, 0) is 47.7 Å². The van der Waals surface area contributed by atoms with Gasteiger partial charge in [-0.25, -0.2) is 0 Å². The monoisotopic (exact) mass is 831 g/mol. The summed E-state index contributed by atoms with van der Waals surface area (Å²) >= 11 is 0. The molecule has 0 saturated carbocycles. The van der Waals surface area contributed by atoms with Gasteiger partial charge in [0.05, 0.1) is 68.7 Å². The average Bonchev–Trinajstić information content (AvgIpc) is 3.12. The number of nitrogens with one attached hydrogen (secondary N) is 3.